The molecule has 0 spiro atoms. The molecule has 0 N–H and O–H groups in total. The van der Waals surface area contributed by atoms with Gasteiger partial charge < -0.3 is 19.3 Å². The third-order valence-electron chi connectivity index (χ3n) is 5.99. The Hall–Kier alpha value is -2.09. The van der Waals surface area contributed by atoms with Crippen LogP contribution in [0.2, 0.25) is 5.02 Å². The lowest BCUT2D eigenvalue weighted by Crippen LogP contribution is -2.48. The minimum absolute atomic E-state index is 0.0112. The molecule has 0 saturated carbocycles. The van der Waals surface area contributed by atoms with E-state index in [1.807, 2.05) is 43.9 Å². The van der Waals surface area contributed by atoms with Crippen LogP contribution in [0, 0.1) is 12.8 Å². The van der Waals surface area contributed by atoms with Crippen molar-refractivity contribution in [2.45, 2.75) is 46.1 Å². The monoisotopic (exact) mass is 506 g/mol. The summed E-state index contributed by atoms with van der Waals surface area (Å²) in [5.41, 5.74) is 2.08. The van der Waals surface area contributed by atoms with Gasteiger partial charge in [-0.15, -0.1) is 11.3 Å². The Kier molecular flexibility index (Phi) is 9.80. The molecule has 1 aromatic carbocycles. The molecule has 0 aliphatic carbocycles. The maximum Gasteiger partial charge on any atom is 0.242 e. The number of halogens is 1. The van der Waals surface area contributed by atoms with E-state index < -0.39 is 0 Å². The van der Waals surface area contributed by atoms with Gasteiger partial charge in [-0.05, 0) is 66.5 Å². The molecule has 0 radical (unpaired) electrons. The Morgan fingerprint density at radius 2 is 2.09 bits per heavy atom. The summed E-state index contributed by atoms with van der Waals surface area (Å²) in [7, 11) is 1.64. The van der Waals surface area contributed by atoms with E-state index in [2.05, 4.69) is 11.4 Å². The van der Waals surface area contributed by atoms with Gasteiger partial charge in [0.05, 0.1) is 12.6 Å². The number of carbonyl (C=O) groups is 2. The van der Waals surface area contributed by atoms with Crippen LogP contribution in [0.5, 0.6) is 5.75 Å². The Balaban J connectivity index is 1.75. The standard InChI is InChI=1S/C26H35ClN2O4S/c1-18(2)14-25(30)28(10-5-12-32-4)16-26(31)29-11-8-24-21(9-13-34-24)23(29)17-33-20-6-7-22(27)19(3)15-20/h6-7,9,13,15,18,23H,5,8,10-12,14,16-17H2,1-4H3/t23-/m0/s1. The molecule has 0 unspecified atom stereocenters. The lowest BCUT2D eigenvalue weighted by molar-refractivity contribution is -0.143. The van der Waals surface area contributed by atoms with Gasteiger partial charge in [0.2, 0.25) is 11.8 Å². The highest BCUT2D eigenvalue weighted by molar-refractivity contribution is 7.10. The Bertz CT molecular complexity index is 977. The number of amides is 2. The van der Waals surface area contributed by atoms with Crippen LogP contribution >= 0.6 is 22.9 Å². The average molecular weight is 507 g/mol. The first-order valence-corrected chi connectivity index (χ1v) is 13.1. The minimum atomic E-state index is -0.195. The normalized spacial score (nSPS) is 15.4. The zero-order valence-electron chi connectivity index (χ0n) is 20.5. The molecule has 1 aliphatic rings. The number of fused-ring (bicyclic) bond motifs is 1. The molecule has 1 atom stereocenters. The van der Waals surface area contributed by atoms with Crippen LogP contribution < -0.4 is 4.74 Å². The zero-order chi connectivity index (χ0) is 24.7. The number of hydrogen-bond acceptors (Lipinski definition) is 5. The van der Waals surface area contributed by atoms with Crippen molar-refractivity contribution in [2.75, 3.05) is 40.0 Å². The van der Waals surface area contributed by atoms with E-state index in [-0.39, 0.29) is 30.3 Å². The van der Waals surface area contributed by atoms with Crippen molar-refractivity contribution in [3.8, 4) is 5.75 Å². The van der Waals surface area contributed by atoms with E-state index in [0.29, 0.717) is 44.2 Å². The second kappa shape index (κ2) is 12.6. The second-order valence-corrected chi connectivity index (χ2v) is 10.5. The van der Waals surface area contributed by atoms with E-state index in [1.54, 1.807) is 23.3 Å². The molecule has 34 heavy (non-hydrogen) atoms. The van der Waals surface area contributed by atoms with Crippen LogP contribution in [-0.4, -0.2) is 61.6 Å². The molecule has 0 saturated heterocycles. The lowest BCUT2D eigenvalue weighted by atomic mass is 10.00. The SMILES string of the molecule is COCCCN(CC(=O)N1CCc2sccc2[C@@H]1COc1ccc(Cl)c(C)c1)C(=O)CC(C)C. The highest BCUT2D eigenvalue weighted by atomic mass is 35.5. The first-order chi connectivity index (χ1) is 16.3. The van der Waals surface area contributed by atoms with Crippen LogP contribution in [0.15, 0.2) is 29.6 Å². The number of thiophene rings is 1. The van der Waals surface area contributed by atoms with E-state index in [4.69, 9.17) is 21.1 Å². The van der Waals surface area contributed by atoms with Gasteiger partial charge in [0, 0.05) is 43.1 Å². The molecule has 1 aromatic heterocycles. The maximum atomic E-state index is 13.5. The summed E-state index contributed by atoms with van der Waals surface area (Å²) in [6, 6.07) is 7.47. The fourth-order valence-electron chi connectivity index (χ4n) is 4.18. The quantitative estimate of drug-likeness (QED) is 0.396. The van der Waals surface area contributed by atoms with E-state index in [1.165, 1.54) is 4.88 Å². The van der Waals surface area contributed by atoms with Crippen LogP contribution in [0.3, 0.4) is 0 Å². The molecular formula is C26H35ClN2O4S. The molecule has 1 aliphatic heterocycles. The molecule has 6 nitrogen and oxygen atoms in total. The molecule has 0 fully saturated rings. The van der Waals surface area contributed by atoms with Crippen molar-refractivity contribution in [1.82, 2.24) is 9.80 Å². The van der Waals surface area contributed by atoms with Crippen LogP contribution in [0.4, 0.5) is 0 Å². The fourth-order valence-corrected chi connectivity index (χ4v) is 5.23. The summed E-state index contributed by atoms with van der Waals surface area (Å²) in [6.45, 7) is 8.07. The largest absolute Gasteiger partial charge is 0.491 e. The third-order valence-corrected chi connectivity index (χ3v) is 7.41. The number of nitrogens with zero attached hydrogens (tertiary/aromatic N) is 2. The van der Waals surface area contributed by atoms with Crippen LogP contribution in [-0.2, 0) is 20.7 Å². The third kappa shape index (κ3) is 6.96. The Morgan fingerprint density at radius 1 is 1.29 bits per heavy atom. The second-order valence-electron chi connectivity index (χ2n) is 9.13. The summed E-state index contributed by atoms with van der Waals surface area (Å²) in [5.74, 6) is 0.925. The predicted octanol–water partition coefficient (Wildman–Crippen LogP) is 5.13. The summed E-state index contributed by atoms with van der Waals surface area (Å²) in [4.78, 5) is 31.2. The van der Waals surface area contributed by atoms with Crippen molar-refractivity contribution in [2.24, 2.45) is 5.92 Å². The smallest absolute Gasteiger partial charge is 0.242 e. The predicted molar refractivity (Wildman–Crippen MR) is 137 cm³/mol. The number of rotatable bonds is 11. The number of methoxy groups -OCH3 is 1. The molecule has 2 heterocycles. The van der Waals surface area contributed by atoms with Crippen molar-refractivity contribution < 1.29 is 19.1 Å². The van der Waals surface area contributed by atoms with Gasteiger partial charge in [-0.3, -0.25) is 9.59 Å². The van der Waals surface area contributed by atoms with Crippen molar-refractivity contribution in [1.29, 1.82) is 0 Å². The lowest BCUT2D eigenvalue weighted by Gasteiger charge is -2.37. The molecule has 8 heteroatoms. The van der Waals surface area contributed by atoms with E-state index in [9.17, 15) is 9.59 Å². The number of aryl methyl sites for hydroxylation is 1. The topological polar surface area (TPSA) is 59.1 Å². The van der Waals surface area contributed by atoms with Gasteiger partial charge in [-0.2, -0.15) is 0 Å². The minimum Gasteiger partial charge on any atom is -0.491 e. The van der Waals surface area contributed by atoms with Gasteiger partial charge in [0.25, 0.3) is 0 Å². The summed E-state index contributed by atoms with van der Waals surface area (Å²) >= 11 is 7.87. The van der Waals surface area contributed by atoms with Gasteiger partial charge in [0.1, 0.15) is 12.4 Å². The molecule has 0 bridgehead atoms. The number of ether oxygens (including phenoxy) is 2. The fraction of sp³-hybridized carbons (Fsp3) is 0.538. The summed E-state index contributed by atoms with van der Waals surface area (Å²) < 4.78 is 11.3. The number of carbonyl (C=O) groups excluding carboxylic acids is 2. The Morgan fingerprint density at radius 3 is 2.79 bits per heavy atom. The first-order valence-electron chi connectivity index (χ1n) is 11.8. The molecule has 186 valence electrons. The van der Waals surface area contributed by atoms with Gasteiger partial charge in [-0.1, -0.05) is 25.4 Å². The highest BCUT2D eigenvalue weighted by Gasteiger charge is 2.33. The summed E-state index contributed by atoms with van der Waals surface area (Å²) in [5, 5.41) is 2.77. The van der Waals surface area contributed by atoms with Crippen molar-refractivity contribution >= 4 is 34.8 Å². The molecule has 3 rings (SSSR count). The average Bonchev–Trinajstić information content (AvgIpc) is 3.27. The zero-order valence-corrected chi connectivity index (χ0v) is 22.1. The molecular weight excluding hydrogens is 472 g/mol. The highest BCUT2D eigenvalue weighted by Crippen LogP contribution is 2.34. The van der Waals surface area contributed by atoms with Gasteiger partial charge in [-0.25, -0.2) is 0 Å². The first kappa shape index (κ1) is 26.5. The van der Waals surface area contributed by atoms with Gasteiger partial charge >= 0.3 is 0 Å². The van der Waals surface area contributed by atoms with Gasteiger partial charge in [0.15, 0.2) is 0 Å². The number of benzene rings is 1. The van der Waals surface area contributed by atoms with Crippen molar-refractivity contribution in [3.05, 3.63) is 50.7 Å². The van der Waals surface area contributed by atoms with Crippen molar-refractivity contribution in [3.63, 3.8) is 0 Å². The summed E-state index contributed by atoms with van der Waals surface area (Å²) in [6.07, 6.45) is 1.95. The van der Waals surface area contributed by atoms with Crippen LogP contribution in [0.1, 0.15) is 48.7 Å². The number of hydrogen-bond donors (Lipinski definition) is 0. The molecule has 2 amide bonds. The maximum absolute atomic E-state index is 13.5. The van der Waals surface area contributed by atoms with Crippen LogP contribution in [0.25, 0.3) is 0 Å². The molecule has 2 aromatic rings. The Labute approximate surface area is 211 Å². The van der Waals surface area contributed by atoms with E-state index >= 15 is 0 Å². The van der Waals surface area contributed by atoms with E-state index in [0.717, 1.165) is 23.3 Å².